The lowest BCUT2D eigenvalue weighted by atomic mass is 9.67. The molecule has 0 radical (unpaired) electrons. The first-order chi connectivity index (χ1) is 28.8. The minimum absolute atomic E-state index is 0.567. The van der Waals surface area contributed by atoms with Gasteiger partial charge in [0, 0.05) is 22.0 Å². The highest BCUT2D eigenvalue weighted by molar-refractivity contribution is 6.28. The highest BCUT2D eigenvalue weighted by Crippen LogP contribution is 2.61. The van der Waals surface area contributed by atoms with Crippen molar-refractivity contribution in [3.63, 3.8) is 0 Å². The van der Waals surface area contributed by atoms with Crippen molar-refractivity contribution in [3.8, 4) is 39.1 Å². The van der Waals surface area contributed by atoms with Gasteiger partial charge in [-0.05, 0) is 95.9 Å². The predicted molar refractivity (Wildman–Crippen MR) is 244 cm³/mol. The van der Waals surface area contributed by atoms with Crippen molar-refractivity contribution in [1.82, 2.24) is 4.57 Å². The van der Waals surface area contributed by atoms with E-state index in [0.29, 0.717) is 0 Å². The fourth-order valence-corrected chi connectivity index (χ4v) is 10.5. The Morgan fingerprint density at radius 3 is 1.40 bits per heavy atom. The number of hydrogen-bond acceptors (Lipinski definition) is 0. The van der Waals surface area contributed by atoms with E-state index in [2.05, 4.69) is 229 Å². The fraction of sp³-hybridized carbons (Fsp3) is 0.0175. The van der Waals surface area contributed by atoms with E-state index in [0.717, 1.165) is 5.69 Å². The number of rotatable bonds is 5. The first kappa shape index (κ1) is 32.7. The van der Waals surface area contributed by atoms with Gasteiger partial charge in [0.1, 0.15) is 0 Å². The van der Waals surface area contributed by atoms with Crippen LogP contribution in [-0.4, -0.2) is 4.57 Å². The van der Waals surface area contributed by atoms with E-state index in [1.54, 1.807) is 0 Å². The molecule has 11 aromatic rings. The smallest absolute Gasteiger partial charge is 0.0714 e. The van der Waals surface area contributed by atoms with Gasteiger partial charge >= 0.3 is 0 Å². The standard InChI is InChI=1S/C57H37N/c1-5-21-38(22-6-1)52-42-29-13-15-31-44(42)53(45-32-16-14-30-43(45)52)48-37-50-54(55-47-34-18-20-36-51(47)58(56(48)55)41-27-11-4-12-28-41)46-33-17-19-35-49(46)57(50,39-23-7-2-8-24-39)40-25-9-3-10-26-40/h1-37H. The second-order valence-corrected chi connectivity index (χ2v) is 15.5. The van der Waals surface area contributed by atoms with E-state index >= 15 is 0 Å². The van der Waals surface area contributed by atoms with Crippen LogP contribution in [0.1, 0.15) is 22.3 Å². The van der Waals surface area contributed by atoms with Crippen molar-refractivity contribution in [2.45, 2.75) is 5.41 Å². The van der Waals surface area contributed by atoms with E-state index < -0.39 is 5.41 Å². The van der Waals surface area contributed by atoms with Crippen LogP contribution >= 0.6 is 0 Å². The highest BCUT2D eigenvalue weighted by Gasteiger charge is 2.47. The topological polar surface area (TPSA) is 4.93 Å². The zero-order valence-corrected chi connectivity index (χ0v) is 31.8. The number of hydrogen-bond donors (Lipinski definition) is 0. The Morgan fingerprint density at radius 2 is 0.793 bits per heavy atom. The molecule has 0 amide bonds. The number of aromatic nitrogens is 1. The van der Waals surface area contributed by atoms with Crippen LogP contribution in [0.2, 0.25) is 0 Å². The summed E-state index contributed by atoms with van der Waals surface area (Å²) in [5, 5.41) is 7.52. The van der Waals surface area contributed by atoms with Gasteiger partial charge in [0.05, 0.1) is 16.4 Å². The summed E-state index contributed by atoms with van der Waals surface area (Å²) in [6.45, 7) is 0. The second-order valence-electron chi connectivity index (χ2n) is 15.5. The molecule has 0 unspecified atom stereocenters. The Morgan fingerprint density at radius 1 is 0.328 bits per heavy atom. The molecule has 0 spiro atoms. The quantitative estimate of drug-likeness (QED) is 0.155. The summed E-state index contributed by atoms with van der Waals surface area (Å²) >= 11 is 0. The molecule has 0 fully saturated rings. The van der Waals surface area contributed by atoms with Gasteiger partial charge in [-0.2, -0.15) is 0 Å². The molecule has 12 rings (SSSR count). The van der Waals surface area contributed by atoms with Crippen molar-refractivity contribution in [2.24, 2.45) is 0 Å². The highest BCUT2D eigenvalue weighted by atomic mass is 15.0. The molecule has 0 N–H and O–H groups in total. The van der Waals surface area contributed by atoms with Gasteiger partial charge < -0.3 is 4.57 Å². The summed E-state index contributed by atoms with van der Waals surface area (Å²) in [7, 11) is 0. The molecule has 270 valence electrons. The average molecular weight is 736 g/mol. The summed E-state index contributed by atoms with van der Waals surface area (Å²) in [4.78, 5) is 0. The molecular formula is C57H37N. The van der Waals surface area contributed by atoms with Crippen LogP contribution in [0.15, 0.2) is 224 Å². The number of nitrogens with zero attached hydrogens (tertiary/aromatic N) is 1. The Hall–Kier alpha value is -7.48. The van der Waals surface area contributed by atoms with Crippen molar-refractivity contribution in [1.29, 1.82) is 0 Å². The third kappa shape index (κ3) is 4.47. The third-order valence-electron chi connectivity index (χ3n) is 12.6. The molecule has 0 bridgehead atoms. The molecule has 1 heteroatoms. The van der Waals surface area contributed by atoms with E-state index in [9.17, 15) is 0 Å². The van der Waals surface area contributed by atoms with Gasteiger partial charge in [0.2, 0.25) is 0 Å². The van der Waals surface area contributed by atoms with E-state index in [4.69, 9.17) is 0 Å². The number of fused-ring (bicyclic) bond motifs is 9. The number of benzene rings is 10. The zero-order chi connectivity index (χ0) is 38.2. The Labute approximate surface area is 337 Å². The molecule has 0 saturated carbocycles. The van der Waals surface area contributed by atoms with Crippen molar-refractivity contribution < 1.29 is 0 Å². The summed E-state index contributed by atoms with van der Waals surface area (Å²) in [6.07, 6.45) is 0. The summed E-state index contributed by atoms with van der Waals surface area (Å²) < 4.78 is 2.53. The molecule has 1 aliphatic carbocycles. The monoisotopic (exact) mass is 735 g/mol. The molecule has 0 saturated heterocycles. The molecule has 0 atom stereocenters. The van der Waals surface area contributed by atoms with Crippen LogP contribution in [0.5, 0.6) is 0 Å². The molecule has 10 aromatic carbocycles. The average Bonchev–Trinajstić information content (AvgIpc) is 3.80. The lowest BCUT2D eigenvalue weighted by Gasteiger charge is -2.34. The van der Waals surface area contributed by atoms with Crippen LogP contribution < -0.4 is 0 Å². The predicted octanol–water partition coefficient (Wildman–Crippen LogP) is 14.8. The van der Waals surface area contributed by atoms with E-state index in [1.807, 2.05) is 0 Å². The maximum atomic E-state index is 2.59. The van der Waals surface area contributed by atoms with Gasteiger partial charge in [-0.15, -0.1) is 0 Å². The Kier molecular flexibility index (Phi) is 7.21. The van der Waals surface area contributed by atoms with Crippen LogP contribution in [0, 0.1) is 0 Å². The maximum Gasteiger partial charge on any atom is 0.0714 e. The van der Waals surface area contributed by atoms with Crippen LogP contribution in [0.4, 0.5) is 0 Å². The largest absolute Gasteiger partial charge is 0.309 e. The van der Waals surface area contributed by atoms with Crippen LogP contribution in [0.3, 0.4) is 0 Å². The molecule has 1 nitrogen and oxygen atoms in total. The molecule has 1 aromatic heterocycles. The third-order valence-corrected chi connectivity index (χ3v) is 12.6. The van der Waals surface area contributed by atoms with Crippen molar-refractivity contribution >= 4 is 43.4 Å². The Bertz CT molecular complexity index is 3260. The van der Waals surface area contributed by atoms with E-state index in [1.165, 1.54) is 99.0 Å². The SMILES string of the molecule is c1ccc(-c2c3ccccc3c(-c3cc4c(c5c6ccccc6n(-c6ccccc6)c35)-c3ccccc3C4(c3ccccc3)c3ccccc3)c3ccccc23)cc1. The minimum atomic E-state index is -0.567. The zero-order valence-electron chi connectivity index (χ0n) is 31.8. The van der Waals surface area contributed by atoms with Gasteiger partial charge in [0.25, 0.3) is 0 Å². The lowest BCUT2D eigenvalue weighted by molar-refractivity contribution is 0.769. The maximum absolute atomic E-state index is 2.59. The fourth-order valence-electron chi connectivity index (χ4n) is 10.5. The molecular weight excluding hydrogens is 699 g/mol. The van der Waals surface area contributed by atoms with Crippen molar-refractivity contribution in [2.75, 3.05) is 0 Å². The molecule has 0 aliphatic heterocycles. The van der Waals surface area contributed by atoms with E-state index in [-0.39, 0.29) is 0 Å². The van der Waals surface area contributed by atoms with Crippen LogP contribution in [0.25, 0.3) is 82.4 Å². The van der Waals surface area contributed by atoms with Crippen LogP contribution in [-0.2, 0) is 5.41 Å². The second kappa shape index (κ2) is 12.8. The molecule has 1 aliphatic rings. The summed E-state index contributed by atoms with van der Waals surface area (Å²) in [5.41, 5.74) is 15.7. The Balaban J connectivity index is 1.37. The molecule has 1 heterocycles. The van der Waals surface area contributed by atoms with Gasteiger partial charge in [-0.1, -0.05) is 200 Å². The summed E-state index contributed by atoms with van der Waals surface area (Å²) in [6, 6.07) is 83.2. The lowest BCUT2D eigenvalue weighted by Crippen LogP contribution is -2.28. The number of para-hydroxylation sites is 2. The summed E-state index contributed by atoms with van der Waals surface area (Å²) in [5.74, 6) is 0. The minimum Gasteiger partial charge on any atom is -0.309 e. The van der Waals surface area contributed by atoms with Gasteiger partial charge in [-0.3, -0.25) is 0 Å². The normalized spacial score (nSPS) is 13.0. The van der Waals surface area contributed by atoms with Gasteiger partial charge in [-0.25, -0.2) is 0 Å². The van der Waals surface area contributed by atoms with Gasteiger partial charge in [0.15, 0.2) is 0 Å². The molecule has 58 heavy (non-hydrogen) atoms. The van der Waals surface area contributed by atoms with Crippen molar-refractivity contribution in [3.05, 3.63) is 247 Å². The first-order valence-electron chi connectivity index (χ1n) is 20.2. The first-order valence-corrected chi connectivity index (χ1v) is 20.2.